The molecule has 0 aromatic rings. The normalized spacial score (nSPS) is 20.7. The average molecular weight is 313 g/mol. The Balaban J connectivity index is 0.00000324. The summed E-state index contributed by atoms with van der Waals surface area (Å²) in [7, 11) is -1.35. The summed E-state index contributed by atoms with van der Waals surface area (Å²) < 4.78 is 23.1. The first-order chi connectivity index (χ1) is 8.35. The lowest BCUT2D eigenvalue weighted by atomic mass is 10.1. The van der Waals surface area contributed by atoms with E-state index in [1.54, 1.807) is 25.8 Å². The molecule has 1 N–H and O–H groups in total. The third-order valence-electron chi connectivity index (χ3n) is 3.57. The Morgan fingerprint density at radius 3 is 2.58 bits per heavy atom. The zero-order chi connectivity index (χ0) is 13.8. The van der Waals surface area contributed by atoms with Crippen molar-refractivity contribution in [3.8, 4) is 0 Å². The molecule has 1 aliphatic heterocycles. The highest BCUT2D eigenvalue weighted by molar-refractivity contribution is 7.91. The minimum Gasteiger partial charge on any atom is -0.342 e. The van der Waals surface area contributed by atoms with E-state index < -0.39 is 9.84 Å². The zero-order valence-electron chi connectivity index (χ0n) is 11.9. The topological polar surface area (TPSA) is 66.5 Å². The van der Waals surface area contributed by atoms with Gasteiger partial charge in [0, 0.05) is 31.3 Å². The van der Waals surface area contributed by atoms with Gasteiger partial charge in [0.25, 0.3) is 0 Å². The Morgan fingerprint density at radius 2 is 2.11 bits per heavy atom. The largest absolute Gasteiger partial charge is 0.342 e. The average Bonchev–Trinajstić information content (AvgIpc) is 2.80. The van der Waals surface area contributed by atoms with Crippen molar-refractivity contribution in [1.29, 1.82) is 0 Å². The van der Waals surface area contributed by atoms with Gasteiger partial charge in [0.2, 0.25) is 5.91 Å². The van der Waals surface area contributed by atoms with Crippen LogP contribution in [-0.4, -0.2) is 56.4 Å². The first-order valence-corrected chi connectivity index (χ1v) is 8.37. The molecule has 1 saturated heterocycles. The van der Waals surface area contributed by atoms with Crippen molar-refractivity contribution in [1.82, 2.24) is 10.2 Å². The number of carbonyl (C=O) groups excluding carboxylic acids is 1. The summed E-state index contributed by atoms with van der Waals surface area (Å²) in [6.45, 7) is 4.39. The van der Waals surface area contributed by atoms with Crippen LogP contribution < -0.4 is 5.32 Å². The number of carbonyl (C=O) groups is 1. The summed E-state index contributed by atoms with van der Waals surface area (Å²) in [6, 6.07) is -0.00112. The lowest BCUT2D eigenvalue weighted by Gasteiger charge is -2.26. The first kappa shape index (κ1) is 18.7. The van der Waals surface area contributed by atoms with E-state index in [4.69, 9.17) is 0 Å². The highest BCUT2D eigenvalue weighted by Gasteiger charge is 2.24. The number of hydrogen-bond acceptors (Lipinski definition) is 4. The molecule has 1 amide bonds. The van der Waals surface area contributed by atoms with Crippen molar-refractivity contribution >= 4 is 28.2 Å². The minimum atomic E-state index is -3.03. The second-order valence-corrected chi connectivity index (χ2v) is 7.45. The van der Waals surface area contributed by atoms with Crippen LogP contribution in [0.25, 0.3) is 0 Å². The fourth-order valence-electron chi connectivity index (χ4n) is 2.13. The van der Waals surface area contributed by atoms with E-state index in [1.807, 2.05) is 0 Å². The molecule has 1 heterocycles. The molecule has 0 aliphatic carbocycles. The molecule has 0 aromatic carbocycles. The standard InChI is InChI=1S/C12H24N2O3S.ClH/c1-4-18(16,17)9-10(2)14(3)12(15)8-11-6-5-7-13-11;/h10-11,13H,4-9H2,1-3H3;1H. The van der Waals surface area contributed by atoms with Gasteiger partial charge in [0.05, 0.1) is 5.75 Å². The number of sulfone groups is 1. The Bertz CT molecular complexity index is 380. The van der Waals surface area contributed by atoms with Crippen LogP contribution in [0.3, 0.4) is 0 Å². The predicted molar refractivity (Wildman–Crippen MR) is 79.4 cm³/mol. The zero-order valence-corrected chi connectivity index (χ0v) is 13.5. The van der Waals surface area contributed by atoms with Gasteiger partial charge >= 0.3 is 0 Å². The molecular weight excluding hydrogens is 288 g/mol. The van der Waals surface area contributed by atoms with Gasteiger partial charge in [0.1, 0.15) is 0 Å². The van der Waals surface area contributed by atoms with Crippen LogP contribution >= 0.6 is 12.4 Å². The molecule has 1 aliphatic rings. The third-order valence-corrected chi connectivity index (χ3v) is 5.44. The van der Waals surface area contributed by atoms with Crippen molar-refractivity contribution in [2.24, 2.45) is 0 Å². The number of rotatable bonds is 6. The Hall–Kier alpha value is -0.330. The van der Waals surface area contributed by atoms with Gasteiger partial charge in [-0.05, 0) is 26.3 Å². The van der Waals surface area contributed by atoms with Crippen LogP contribution in [-0.2, 0) is 14.6 Å². The number of hydrogen-bond donors (Lipinski definition) is 1. The molecule has 0 aromatic heterocycles. The van der Waals surface area contributed by atoms with Crippen molar-refractivity contribution in [3.05, 3.63) is 0 Å². The number of amides is 1. The molecule has 2 atom stereocenters. The fraction of sp³-hybridized carbons (Fsp3) is 0.917. The molecule has 0 radical (unpaired) electrons. The molecule has 114 valence electrons. The Labute approximate surface area is 122 Å². The second kappa shape index (κ2) is 8.07. The van der Waals surface area contributed by atoms with Gasteiger partial charge in [-0.15, -0.1) is 12.4 Å². The smallest absolute Gasteiger partial charge is 0.224 e. The van der Waals surface area contributed by atoms with Gasteiger partial charge in [-0.25, -0.2) is 8.42 Å². The Kier molecular flexibility index (Phi) is 7.93. The van der Waals surface area contributed by atoms with Gasteiger partial charge in [-0.2, -0.15) is 0 Å². The van der Waals surface area contributed by atoms with E-state index in [0.717, 1.165) is 19.4 Å². The Morgan fingerprint density at radius 1 is 1.47 bits per heavy atom. The third kappa shape index (κ3) is 6.10. The number of halogens is 1. The molecule has 1 fully saturated rings. The number of nitrogens with one attached hydrogen (secondary N) is 1. The monoisotopic (exact) mass is 312 g/mol. The van der Waals surface area contributed by atoms with Gasteiger partial charge < -0.3 is 10.2 Å². The number of nitrogens with zero attached hydrogens (tertiary/aromatic N) is 1. The van der Waals surface area contributed by atoms with Crippen molar-refractivity contribution < 1.29 is 13.2 Å². The summed E-state index contributed by atoms with van der Waals surface area (Å²) in [5.41, 5.74) is 0. The highest BCUT2D eigenvalue weighted by Crippen LogP contribution is 2.11. The summed E-state index contributed by atoms with van der Waals surface area (Å²) in [6.07, 6.45) is 2.61. The van der Waals surface area contributed by atoms with Gasteiger partial charge in [0.15, 0.2) is 9.84 Å². The maximum atomic E-state index is 12.0. The molecule has 1 rings (SSSR count). The molecule has 0 saturated carbocycles. The first-order valence-electron chi connectivity index (χ1n) is 6.55. The van der Waals surface area contributed by atoms with Crippen LogP contribution in [0.5, 0.6) is 0 Å². The van der Waals surface area contributed by atoms with E-state index >= 15 is 0 Å². The maximum Gasteiger partial charge on any atom is 0.224 e. The highest BCUT2D eigenvalue weighted by atomic mass is 35.5. The quantitative estimate of drug-likeness (QED) is 0.789. The van der Waals surface area contributed by atoms with Crippen molar-refractivity contribution in [2.75, 3.05) is 25.1 Å². The minimum absolute atomic E-state index is 0. The van der Waals surface area contributed by atoms with E-state index in [-0.39, 0.29) is 41.9 Å². The van der Waals surface area contributed by atoms with Crippen LogP contribution in [0.4, 0.5) is 0 Å². The molecule has 7 heteroatoms. The summed E-state index contributed by atoms with van der Waals surface area (Å²) in [5, 5.41) is 3.27. The maximum absolute atomic E-state index is 12.0. The van der Waals surface area contributed by atoms with E-state index in [9.17, 15) is 13.2 Å². The molecule has 0 spiro atoms. The van der Waals surface area contributed by atoms with Crippen molar-refractivity contribution in [2.45, 2.75) is 45.2 Å². The summed E-state index contributed by atoms with van der Waals surface area (Å²) in [5.74, 6) is 0.195. The SMILES string of the molecule is CCS(=O)(=O)CC(C)N(C)C(=O)CC1CCCN1.Cl. The molecular formula is C12H25ClN2O3S. The molecule has 5 nitrogen and oxygen atoms in total. The van der Waals surface area contributed by atoms with Crippen LogP contribution in [0.2, 0.25) is 0 Å². The molecule has 2 unspecified atom stereocenters. The van der Waals surface area contributed by atoms with Crippen LogP contribution in [0.15, 0.2) is 0 Å². The van der Waals surface area contributed by atoms with E-state index in [1.165, 1.54) is 0 Å². The van der Waals surface area contributed by atoms with E-state index in [0.29, 0.717) is 6.42 Å². The lowest BCUT2D eigenvalue weighted by molar-refractivity contribution is -0.131. The van der Waals surface area contributed by atoms with Crippen LogP contribution in [0.1, 0.15) is 33.1 Å². The molecule has 19 heavy (non-hydrogen) atoms. The van der Waals surface area contributed by atoms with Crippen LogP contribution in [0, 0.1) is 0 Å². The second-order valence-electron chi connectivity index (χ2n) is 5.05. The van der Waals surface area contributed by atoms with E-state index in [2.05, 4.69) is 5.32 Å². The summed E-state index contributed by atoms with van der Waals surface area (Å²) >= 11 is 0. The van der Waals surface area contributed by atoms with Gasteiger partial charge in [-0.1, -0.05) is 6.92 Å². The summed E-state index contributed by atoms with van der Waals surface area (Å²) in [4.78, 5) is 13.6. The van der Waals surface area contributed by atoms with Gasteiger partial charge in [-0.3, -0.25) is 4.79 Å². The predicted octanol–water partition coefficient (Wildman–Crippen LogP) is 0.832. The fourth-order valence-corrected chi connectivity index (χ4v) is 3.32. The lowest BCUT2D eigenvalue weighted by Crippen LogP contribution is -2.42. The molecule has 0 bridgehead atoms. The van der Waals surface area contributed by atoms with Crippen molar-refractivity contribution in [3.63, 3.8) is 0 Å².